The molecule has 0 atom stereocenters. The van der Waals surface area contributed by atoms with Gasteiger partial charge in [-0.15, -0.1) is 0 Å². The van der Waals surface area contributed by atoms with Crippen LogP contribution in [0.15, 0.2) is 42.7 Å². The van der Waals surface area contributed by atoms with Crippen LogP contribution in [0.4, 0.5) is 0 Å². The third-order valence-corrected chi connectivity index (χ3v) is 4.26. The number of nitrogens with zero attached hydrogens (tertiary/aromatic N) is 1. The predicted octanol–water partition coefficient (Wildman–Crippen LogP) is 3.01. The van der Waals surface area contributed by atoms with E-state index in [0.29, 0.717) is 5.41 Å². The highest BCUT2D eigenvalue weighted by molar-refractivity contribution is 5.27. The first-order valence-electron chi connectivity index (χ1n) is 7.14. The van der Waals surface area contributed by atoms with Gasteiger partial charge in [0.25, 0.3) is 0 Å². The van der Waals surface area contributed by atoms with Gasteiger partial charge in [-0.3, -0.25) is 0 Å². The maximum absolute atomic E-state index is 4.26. The van der Waals surface area contributed by atoms with Crippen LogP contribution in [-0.2, 0) is 12.0 Å². The molecule has 2 N–H and O–H groups in total. The summed E-state index contributed by atoms with van der Waals surface area (Å²) in [5.74, 6) is 1.02. The van der Waals surface area contributed by atoms with Crippen molar-refractivity contribution < 1.29 is 0 Å². The predicted molar refractivity (Wildman–Crippen MR) is 76.9 cm³/mol. The van der Waals surface area contributed by atoms with E-state index in [1.807, 2.05) is 6.20 Å². The van der Waals surface area contributed by atoms with Gasteiger partial charge in [0.1, 0.15) is 5.82 Å². The van der Waals surface area contributed by atoms with Gasteiger partial charge in [-0.05, 0) is 18.4 Å². The van der Waals surface area contributed by atoms with E-state index in [1.54, 1.807) is 6.20 Å². The quantitative estimate of drug-likeness (QED) is 0.862. The molecule has 0 spiro atoms. The Morgan fingerprint density at radius 2 is 1.95 bits per heavy atom. The molecule has 1 fully saturated rings. The Bertz CT molecular complexity index is 484. The fourth-order valence-electron chi connectivity index (χ4n) is 3.23. The van der Waals surface area contributed by atoms with Gasteiger partial charge < -0.3 is 10.3 Å². The summed E-state index contributed by atoms with van der Waals surface area (Å²) in [7, 11) is 0. The average molecular weight is 255 g/mol. The summed E-state index contributed by atoms with van der Waals surface area (Å²) in [6.45, 7) is 1.86. The largest absolute Gasteiger partial charge is 0.348 e. The second-order valence-electron chi connectivity index (χ2n) is 5.49. The van der Waals surface area contributed by atoms with Gasteiger partial charge in [0.05, 0.1) is 6.54 Å². The second kappa shape index (κ2) is 5.57. The number of benzene rings is 1. The second-order valence-corrected chi connectivity index (χ2v) is 5.49. The molecule has 1 aliphatic carbocycles. The lowest BCUT2D eigenvalue weighted by molar-refractivity contribution is 0.402. The molecule has 0 saturated heterocycles. The topological polar surface area (TPSA) is 40.7 Å². The van der Waals surface area contributed by atoms with Gasteiger partial charge in [0.15, 0.2) is 0 Å². The van der Waals surface area contributed by atoms with Gasteiger partial charge in [0, 0.05) is 24.4 Å². The van der Waals surface area contributed by atoms with Crippen molar-refractivity contribution in [2.24, 2.45) is 0 Å². The molecular formula is C16H21N3. The van der Waals surface area contributed by atoms with E-state index in [2.05, 4.69) is 45.6 Å². The Balaban J connectivity index is 1.67. The fraction of sp³-hybridized carbons (Fsp3) is 0.438. The van der Waals surface area contributed by atoms with Gasteiger partial charge in [-0.1, -0.05) is 43.2 Å². The number of nitrogens with one attached hydrogen (secondary N) is 2. The minimum atomic E-state index is 0.327. The first-order valence-corrected chi connectivity index (χ1v) is 7.14. The molecule has 3 nitrogen and oxygen atoms in total. The SMILES string of the molecule is c1ccc(C2(CNCc3ncc[nH]3)CCCC2)cc1. The third-order valence-electron chi connectivity index (χ3n) is 4.26. The van der Waals surface area contributed by atoms with Crippen LogP contribution < -0.4 is 5.32 Å². The highest BCUT2D eigenvalue weighted by Gasteiger charge is 2.34. The Morgan fingerprint density at radius 1 is 1.16 bits per heavy atom. The van der Waals surface area contributed by atoms with Crippen molar-refractivity contribution in [3.63, 3.8) is 0 Å². The molecule has 1 heterocycles. The third kappa shape index (κ3) is 2.71. The smallest absolute Gasteiger partial charge is 0.120 e. The van der Waals surface area contributed by atoms with E-state index in [9.17, 15) is 0 Å². The Kier molecular flexibility index (Phi) is 3.65. The van der Waals surface area contributed by atoms with E-state index in [4.69, 9.17) is 0 Å². The summed E-state index contributed by atoms with van der Waals surface area (Å²) < 4.78 is 0. The summed E-state index contributed by atoms with van der Waals surface area (Å²) >= 11 is 0. The number of hydrogen-bond donors (Lipinski definition) is 2. The fourth-order valence-corrected chi connectivity index (χ4v) is 3.23. The van der Waals surface area contributed by atoms with E-state index in [1.165, 1.54) is 31.2 Å². The molecule has 3 heteroatoms. The zero-order valence-electron chi connectivity index (χ0n) is 11.2. The Labute approximate surface area is 114 Å². The molecule has 0 radical (unpaired) electrons. The van der Waals surface area contributed by atoms with E-state index < -0.39 is 0 Å². The lowest BCUT2D eigenvalue weighted by atomic mass is 9.79. The van der Waals surface area contributed by atoms with Crippen LogP contribution in [0, 0.1) is 0 Å². The highest BCUT2D eigenvalue weighted by atomic mass is 15.0. The molecule has 3 rings (SSSR count). The van der Waals surface area contributed by atoms with E-state index >= 15 is 0 Å². The maximum Gasteiger partial charge on any atom is 0.120 e. The first kappa shape index (κ1) is 12.4. The zero-order valence-corrected chi connectivity index (χ0v) is 11.2. The van der Waals surface area contributed by atoms with Crippen LogP contribution in [0.1, 0.15) is 37.1 Å². The van der Waals surface area contributed by atoms with Gasteiger partial charge in [0.2, 0.25) is 0 Å². The molecular weight excluding hydrogens is 234 g/mol. The molecule has 100 valence electrons. The van der Waals surface area contributed by atoms with Crippen molar-refractivity contribution in [2.45, 2.75) is 37.6 Å². The van der Waals surface area contributed by atoms with E-state index in [-0.39, 0.29) is 0 Å². The van der Waals surface area contributed by atoms with Crippen molar-refractivity contribution in [1.29, 1.82) is 0 Å². The van der Waals surface area contributed by atoms with E-state index in [0.717, 1.165) is 18.9 Å². The van der Waals surface area contributed by atoms with Gasteiger partial charge >= 0.3 is 0 Å². The van der Waals surface area contributed by atoms with Crippen LogP contribution in [0.5, 0.6) is 0 Å². The van der Waals surface area contributed by atoms with Crippen molar-refractivity contribution in [2.75, 3.05) is 6.54 Å². The maximum atomic E-state index is 4.26. The molecule has 2 aromatic rings. The minimum absolute atomic E-state index is 0.327. The number of imidazole rings is 1. The number of hydrogen-bond acceptors (Lipinski definition) is 2. The number of aromatic amines is 1. The van der Waals surface area contributed by atoms with Crippen molar-refractivity contribution in [3.8, 4) is 0 Å². The van der Waals surface area contributed by atoms with Crippen LogP contribution in [0.25, 0.3) is 0 Å². The monoisotopic (exact) mass is 255 g/mol. The first-order chi connectivity index (χ1) is 9.39. The Morgan fingerprint density at radius 3 is 2.63 bits per heavy atom. The molecule has 1 aliphatic rings. The van der Waals surface area contributed by atoms with Gasteiger partial charge in [-0.25, -0.2) is 4.98 Å². The molecule has 0 bridgehead atoms. The molecule has 0 unspecified atom stereocenters. The minimum Gasteiger partial charge on any atom is -0.348 e. The summed E-state index contributed by atoms with van der Waals surface area (Å²) in [5, 5.41) is 3.58. The van der Waals surface area contributed by atoms with Crippen molar-refractivity contribution in [3.05, 3.63) is 54.1 Å². The molecule has 1 saturated carbocycles. The van der Waals surface area contributed by atoms with Gasteiger partial charge in [-0.2, -0.15) is 0 Å². The van der Waals surface area contributed by atoms with Crippen LogP contribution in [-0.4, -0.2) is 16.5 Å². The summed E-state index contributed by atoms with van der Waals surface area (Å²) in [5.41, 5.74) is 1.81. The molecule has 0 amide bonds. The summed E-state index contributed by atoms with van der Waals surface area (Å²) in [4.78, 5) is 7.40. The number of H-pyrrole nitrogens is 1. The summed E-state index contributed by atoms with van der Waals surface area (Å²) in [6, 6.07) is 11.0. The zero-order chi connectivity index (χ0) is 13.0. The lowest BCUT2D eigenvalue weighted by Gasteiger charge is -2.30. The highest BCUT2D eigenvalue weighted by Crippen LogP contribution is 2.40. The molecule has 19 heavy (non-hydrogen) atoms. The van der Waals surface area contributed by atoms with Crippen LogP contribution in [0.2, 0.25) is 0 Å². The number of rotatable bonds is 5. The van der Waals surface area contributed by atoms with Crippen LogP contribution in [0.3, 0.4) is 0 Å². The van der Waals surface area contributed by atoms with Crippen molar-refractivity contribution >= 4 is 0 Å². The lowest BCUT2D eigenvalue weighted by Crippen LogP contribution is -2.35. The average Bonchev–Trinajstić information content (AvgIpc) is 3.12. The van der Waals surface area contributed by atoms with Crippen molar-refractivity contribution in [1.82, 2.24) is 15.3 Å². The normalized spacial score (nSPS) is 17.7. The Hall–Kier alpha value is -1.61. The summed E-state index contributed by atoms with van der Waals surface area (Å²) in [6.07, 6.45) is 8.96. The number of aromatic nitrogens is 2. The standard InChI is InChI=1S/C16H21N3/c1-2-6-14(7-3-1)16(8-4-5-9-16)13-17-12-15-18-10-11-19-15/h1-3,6-7,10-11,17H,4-5,8-9,12-13H2,(H,18,19). The molecule has 1 aromatic heterocycles. The molecule has 0 aliphatic heterocycles. The molecule has 1 aromatic carbocycles. The van der Waals surface area contributed by atoms with Crippen LogP contribution >= 0.6 is 0 Å².